The minimum absolute atomic E-state index is 0.402. The number of methoxy groups -OCH3 is 1. The molecule has 0 aromatic heterocycles. The summed E-state index contributed by atoms with van der Waals surface area (Å²) in [7, 11) is 3.83. The molecule has 0 bridgehead atoms. The first-order valence-electron chi connectivity index (χ1n) is 7.22. The first kappa shape index (κ1) is 14.5. The average molecular weight is 262 g/mol. The fourth-order valence-electron chi connectivity index (χ4n) is 2.63. The lowest BCUT2D eigenvalue weighted by molar-refractivity contribution is 0.136. The Kier molecular flexibility index (Phi) is 5.37. The maximum Gasteiger partial charge on any atom is 0.0589 e. The Morgan fingerprint density at radius 1 is 1.37 bits per heavy atom. The number of hydrogen-bond acceptors (Lipinski definition) is 3. The van der Waals surface area contributed by atoms with E-state index in [4.69, 9.17) is 4.74 Å². The van der Waals surface area contributed by atoms with Gasteiger partial charge in [0.15, 0.2) is 0 Å². The van der Waals surface area contributed by atoms with E-state index >= 15 is 0 Å². The Bertz CT molecular complexity index is 390. The molecule has 1 saturated carbocycles. The van der Waals surface area contributed by atoms with E-state index < -0.39 is 0 Å². The van der Waals surface area contributed by atoms with Gasteiger partial charge in [-0.05, 0) is 37.9 Å². The molecule has 106 valence electrons. The van der Waals surface area contributed by atoms with Gasteiger partial charge in [-0.25, -0.2) is 0 Å². The molecule has 1 unspecified atom stereocenters. The molecule has 0 saturated heterocycles. The van der Waals surface area contributed by atoms with Crippen LogP contribution in [0, 0.1) is 6.92 Å². The third-order valence-corrected chi connectivity index (χ3v) is 3.98. The molecule has 1 aliphatic rings. The minimum Gasteiger partial charge on any atom is -0.383 e. The normalized spacial score (nSPS) is 16.8. The maximum atomic E-state index is 5.23. The van der Waals surface area contributed by atoms with Gasteiger partial charge in [-0.15, -0.1) is 0 Å². The highest BCUT2D eigenvalue weighted by atomic mass is 16.5. The number of hydrogen-bond donors (Lipinski definition) is 1. The molecule has 2 rings (SSSR count). The number of aryl methyl sites for hydroxylation is 1. The summed E-state index contributed by atoms with van der Waals surface area (Å²) >= 11 is 0. The molecule has 3 heteroatoms. The van der Waals surface area contributed by atoms with Gasteiger partial charge in [0.25, 0.3) is 0 Å². The summed E-state index contributed by atoms with van der Waals surface area (Å²) < 4.78 is 5.23. The van der Waals surface area contributed by atoms with Crippen LogP contribution in [-0.2, 0) is 4.74 Å². The van der Waals surface area contributed by atoms with Crippen LogP contribution >= 0.6 is 0 Å². The van der Waals surface area contributed by atoms with Crippen molar-refractivity contribution in [1.82, 2.24) is 10.2 Å². The molecule has 1 aromatic carbocycles. The van der Waals surface area contributed by atoms with Crippen molar-refractivity contribution in [3.63, 3.8) is 0 Å². The van der Waals surface area contributed by atoms with Crippen molar-refractivity contribution in [1.29, 1.82) is 0 Å². The second kappa shape index (κ2) is 7.04. The summed E-state index contributed by atoms with van der Waals surface area (Å²) in [6, 6.07) is 9.83. The number of nitrogens with one attached hydrogen (secondary N) is 1. The molecule has 1 N–H and O–H groups in total. The Labute approximate surface area is 116 Å². The zero-order valence-electron chi connectivity index (χ0n) is 12.4. The topological polar surface area (TPSA) is 24.5 Å². The van der Waals surface area contributed by atoms with Crippen molar-refractivity contribution in [3.05, 3.63) is 35.4 Å². The predicted molar refractivity (Wildman–Crippen MR) is 79.5 cm³/mol. The third kappa shape index (κ3) is 4.03. The number of nitrogens with zero attached hydrogens (tertiary/aromatic N) is 1. The summed E-state index contributed by atoms with van der Waals surface area (Å²) in [6.07, 6.45) is 2.68. The largest absolute Gasteiger partial charge is 0.383 e. The van der Waals surface area contributed by atoms with Gasteiger partial charge < -0.3 is 10.1 Å². The summed E-state index contributed by atoms with van der Waals surface area (Å²) in [6.45, 7) is 5.11. The highest BCUT2D eigenvalue weighted by molar-refractivity contribution is 5.29. The highest BCUT2D eigenvalue weighted by Crippen LogP contribution is 2.29. The highest BCUT2D eigenvalue weighted by Gasteiger charge is 2.30. The average Bonchev–Trinajstić information content (AvgIpc) is 3.25. The van der Waals surface area contributed by atoms with Gasteiger partial charge >= 0.3 is 0 Å². The van der Waals surface area contributed by atoms with Crippen LogP contribution in [0.25, 0.3) is 0 Å². The van der Waals surface area contributed by atoms with E-state index in [0.29, 0.717) is 6.04 Å². The second-order valence-corrected chi connectivity index (χ2v) is 5.42. The quantitative estimate of drug-likeness (QED) is 0.778. The Morgan fingerprint density at radius 2 is 2.11 bits per heavy atom. The molecule has 0 aliphatic heterocycles. The van der Waals surface area contributed by atoms with Crippen LogP contribution < -0.4 is 5.32 Å². The SMILES string of the molecule is CNC(CN(CCOC)C1CC1)c1ccccc1C. The van der Waals surface area contributed by atoms with Crippen molar-refractivity contribution < 1.29 is 4.74 Å². The summed E-state index contributed by atoms with van der Waals surface area (Å²) in [5.41, 5.74) is 2.78. The molecule has 1 aliphatic carbocycles. The Hall–Kier alpha value is -0.900. The van der Waals surface area contributed by atoms with E-state index in [-0.39, 0.29) is 0 Å². The van der Waals surface area contributed by atoms with Crippen molar-refractivity contribution in [2.75, 3.05) is 33.9 Å². The Morgan fingerprint density at radius 3 is 2.68 bits per heavy atom. The van der Waals surface area contributed by atoms with Crippen molar-refractivity contribution in [3.8, 4) is 0 Å². The van der Waals surface area contributed by atoms with Crippen LogP contribution in [0.4, 0.5) is 0 Å². The van der Waals surface area contributed by atoms with Crippen LogP contribution in [0.1, 0.15) is 30.0 Å². The van der Waals surface area contributed by atoms with Gasteiger partial charge in [0.1, 0.15) is 0 Å². The van der Waals surface area contributed by atoms with E-state index in [1.165, 1.54) is 24.0 Å². The maximum absolute atomic E-state index is 5.23. The smallest absolute Gasteiger partial charge is 0.0589 e. The number of likely N-dealkylation sites (N-methyl/N-ethyl adjacent to an activating group) is 1. The van der Waals surface area contributed by atoms with E-state index in [2.05, 4.69) is 48.5 Å². The van der Waals surface area contributed by atoms with Gasteiger partial charge in [0.05, 0.1) is 6.61 Å². The zero-order valence-corrected chi connectivity index (χ0v) is 12.4. The van der Waals surface area contributed by atoms with Crippen molar-refractivity contribution >= 4 is 0 Å². The monoisotopic (exact) mass is 262 g/mol. The summed E-state index contributed by atoms with van der Waals surface area (Å²) in [4.78, 5) is 2.57. The summed E-state index contributed by atoms with van der Waals surface area (Å²) in [5.74, 6) is 0. The molecule has 1 fully saturated rings. The third-order valence-electron chi connectivity index (χ3n) is 3.98. The van der Waals surface area contributed by atoms with Crippen LogP contribution in [0.3, 0.4) is 0 Å². The zero-order chi connectivity index (χ0) is 13.7. The van der Waals surface area contributed by atoms with Crippen LogP contribution in [0.15, 0.2) is 24.3 Å². The lowest BCUT2D eigenvalue weighted by Crippen LogP contribution is -2.37. The molecule has 0 heterocycles. The Balaban J connectivity index is 2.02. The molecule has 1 atom stereocenters. The van der Waals surface area contributed by atoms with Crippen molar-refractivity contribution in [2.24, 2.45) is 0 Å². The molecular weight excluding hydrogens is 236 g/mol. The second-order valence-electron chi connectivity index (χ2n) is 5.42. The molecule has 0 spiro atoms. The number of ether oxygens (including phenoxy) is 1. The van der Waals surface area contributed by atoms with Crippen LogP contribution in [0.2, 0.25) is 0 Å². The van der Waals surface area contributed by atoms with E-state index in [1.54, 1.807) is 7.11 Å². The molecular formula is C16H26N2O. The fourth-order valence-corrected chi connectivity index (χ4v) is 2.63. The molecule has 0 radical (unpaired) electrons. The number of rotatable bonds is 8. The number of benzene rings is 1. The van der Waals surface area contributed by atoms with E-state index in [9.17, 15) is 0 Å². The first-order chi connectivity index (χ1) is 9.26. The lowest BCUT2D eigenvalue weighted by atomic mass is 10.0. The molecule has 0 amide bonds. The molecule has 19 heavy (non-hydrogen) atoms. The van der Waals surface area contributed by atoms with E-state index in [0.717, 1.165) is 25.7 Å². The van der Waals surface area contributed by atoms with Crippen LogP contribution in [0.5, 0.6) is 0 Å². The lowest BCUT2D eigenvalue weighted by Gasteiger charge is -2.28. The first-order valence-corrected chi connectivity index (χ1v) is 7.22. The van der Waals surface area contributed by atoms with Gasteiger partial charge in [-0.2, -0.15) is 0 Å². The minimum atomic E-state index is 0.402. The van der Waals surface area contributed by atoms with Crippen LogP contribution in [-0.4, -0.2) is 44.8 Å². The summed E-state index contributed by atoms with van der Waals surface area (Å²) in [5, 5.41) is 3.47. The van der Waals surface area contributed by atoms with E-state index in [1.807, 2.05) is 0 Å². The molecule has 1 aromatic rings. The van der Waals surface area contributed by atoms with Crippen molar-refractivity contribution in [2.45, 2.75) is 31.8 Å². The van der Waals surface area contributed by atoms with Gasteiger partial charge in [-0.1, -0.05) is 24.3 Å². The van der Waals surface area contributed by atoms with Gasteiger partial charge in [0.2, 0.25) is 0 Å². The molecule has 3 nitrogen and oxygen atoms in total. The predicted octanol–water partition coefficient (Wildman–Crippen LogP) is 2.37. The standard InChI is InChI=1S/C16H26N2O/c1-13-6-4-5-7-15(13)16(17-2)12-18(10-11-19-3)14-8-9-14/h4-7,14,16-17H,8-12H2,1-3H3. The fraction of sp³-hybridized carbons (Fsp3) is 0.625. The van der Waals surface area contributed by atoms with Gasteiger partial charge in [0, 0.05) is 32.3 Å². The van der Waals surface area contributed by atoms with Gasteiger partial charge in [-0.3, -0.25) is 4.90 Å².